The number of nitrogens with zero attached hydrogens (tertiary/aromatic N) is 3. The van der Waals surface area contributed by atoms with Crippen molar-refractivity contribution < 1.29 is 13.2 Å². The Kier molecular flexibility index (Phi) is 6.46. The molecule has 0 aliphatic carbocycles. The van der Waals surface area contributed by atoms with Crippen LogP contribution in [0, 0.1) is 11.8 Å². The van der Waals surface area contributed by atoms with Crippen LogP contribution in [-0.4, -0.2) is 74.2 Å². The SMILES string of the molecule is C[C@@H]1C[C@H](C)CN(CC(=O)N2CCN(S(=O)(=O)c3ccccc3Cl)CC2)C1. The van der Waals surface area contributed by atoms with Crippen molar-refractivity contribution in [3.8, 4) is 0 Å². The summed E-state index contributed by atoms with van der Waals surface area (Å²) in [6, 6.07) is 6.47. The summed E-state index contributed by atoms with van der Waals surface area (Å²) in [5, 5.41) is 0.226. The van der Waals surface area contributed by atoms with Crippen LogP contribution < -0.4 is 0 Å². The van der Waals surface area contributed by atoms with Crippen LogP contribution in [0.1, 0.15) is 20.3 Å². The molecule has 2 saturated heterocycles. The maximum absolute atomic E-state index is 12.8. The fraction of sp³-hybridized carbons (Fsp3) is 0.632. The number of halogens is 1. The zero-order valence-electron chi connectivity index (χ0n) is 16.0. The molecule has 0 bridgehead atoms. The molecular weight excluding hydrogens is 386 g/mol. The maximum atomic E-state index is 12.8. The lowest BCUT2D eigenvalue weighted by Crippen LogP contribution is -2.53. The van der Waals surface area contributed by atoms with Crippen molar-refractivity contribution in [3.05, 3.63) is 29.3 Å². The van der Waals surface area contributed by atoms with E-state index in [-0.39, 0.29) is 15.8 Å². The Hall–Kier alpha value is -1.15. The Balaban J connectivity index is 1.57. The first kappa shape index (κ1) is 20.6. The highest BCUT2D eigenvalue weighted by atomic mass is 35.5. The largest absolute Gasteiger partial charge is 0.339 e. The van der Waals surface area contributed by atoms with E-state index < -0.39 is 10.0 Å². The highest BCUT2D eigenvalue weighted by Gasteiger charge is 2.32. The molecule has 6 nitrogen and oxygen atoms in total. The molecule has 1 aromatic carbocycles. The third-order valence-corrected chi connectivity index (χ3v) is 7.75. The third kappa shape index (κ3) is 4.83. The van der Waals surface area contributed by atoms with E-state index in [0.717, 1.165) is 13.1 Å². The second-order valence-electron chi connectivity index (χ2n) is 7.86. The molecule has 0 saturated carbocycles. The van der Waals surface area contributed by atoms with Gasteiger partial charge in [-0.25, -0.2) is 8.42 Å². The predicted octanol–water partition coefficient (Wildman–Crippen LogP) is 2.15. The van der Waals surface area contributed by atoms with Gasteiger partial charge >= 0.3 is 0 Å². The molecule has 0 aromatic heterocycles. The van der Waals surface area contributed by atoms with Gasteiger partial charge in [-0.05, 0) is 30.4 Å². The van der Waals surface area contributed by atoms with Crippen molar-refractivity contribution in [3.63, 3.8) is 0 Å². The summed E-state index contributed by atoms with van der Waals surface area (Å²) in [6.45, 7) is 8.22. The van der Waals surface area contributed by atoms with Crippen LogP contribution in [0.15, 0.2) is 29.2 Å². The molecule has 0 unspecified atom stereocenters. The van der Waals surface area contributed by atoms with Crippen molar-refractivity contribution in [1.29, 1.82) is 0 Å². The topological polar surface area (TPSA) is 60.9 Å². The molecule has 0 radical (unpaired) electrons. The van der Waals surface area contributed by atoms with Gasteiger partial charge in [-0.2, -0.15) is 4.31 Å². The van der Waals surface area contributed by atoms with Crippen LogP contribution in [0.3, 0.4) is 0 Å². The Bertz CT molecular complexity index is 768. The summed E-state index contributed by atoms with van der Waals surface area (Å²) in [5.74, 6) is 1.31. The van der Waals surface area contributed by atoms with Gasteiger partial charge in [0.2, 0.25) is 15.9 Å². The van der Waals surface area contributed by atoms with Gasteiger partial charge in [-0.15, -0.1) is 0 Å². The quantitative estimate of drug-likeness (QED) is 0.758. The smallest absolute Gasteiger partial charge is 0.244 e. The second-order valence-corrected chi connectivity index (χ2v) is 10.2. The number of piperazine rings is 1. The Morgan fingerprint density at radius 3 is 2.26 bits per heavy atom. The molecule has 1 amide bonds. The fourth-order valence-corrected chi connectivity index (χ4v) is 6.10. The average molecular weight is 414 g/mol. The number of carbonyl (C=O) groups is 1. The number of rotatable bonds is 4. The molecule has 3 rings (SSSR count). The van der Waals surface area contributed by atoms with Crippen LogP contribution in [0.25, 0.3) is 0 Å². The normalized spacial score (nSPS) is 25.5. The first-order valence-corrected chi connectivity index (χ1v) is 11.3. The molecule has 150 valence electrons. The van der Waals surface area contributed by atoms with Gasteiger partial charge in [0, 0.05) is 39.3 Å². The third-order valence-electron chi connectivity index (χ3n) is 5.35. The van der Waals surface area contributed by atoms with Crippen LogP contribution in [-0.2, 0) is 14.8 Å². The standard InChI is InChI=1S/C19H28ClN3O3S/c1-15-11-16(2)13-21(12-15)14-19(24)22-7-9-23(10-8-22)27(25,26)18-6-4-3-5-17(18)20/h3-6,15-16H,7-14H2,1-2H3/t15-,16+. The van der Waals surface area contributed by atoms with E-state index in [1.807, 2.05) is 0 Å². The molecule has 2 fully saturated rings. The number of hydrogen-bond acceptors (Lipinski definition) is 4. The molecular formula is C19H28ClN3O3S. The van der Waals surface area contributed by atoms with E-state index in [1.165, 1.54) is 16.8 Å². The molecule has 2 heterocycles. The predicted molar refractivity (Wildman–Crippen MR) is 106 cm³/mol. The number of benzene rings is 1. The molecule has 1 aromatic rings. The van der Waals surface area contributed by atoms with Crippen LogP contribution in [0.2, 0.25) is 5.02 Å². The molecule has 2 atom stereocenters. The minimum absolute atomic E-state index is 0.0890. The number of likely N-dealkylation sites (tertiary alicyclic amines) is 1. The summed E-state index contributed by atoms with van der Waals surface area (Å²) in [5.41, 5.74) is 0. The Morgan fingerprint density at radius 2 is 1.67 bits per heavy atom. The molecule has 27 heavy (non-hydrogen) atoms. The first-order chi connectivity index (χ1) is 12.8. The van der Waals surface area contributed by atoms with Gasteiger partial charge in [0.1, 0.15) is 4.90 Å². The van der Waals surface area contributed by atoms with E-state index in [2.05, 4.69) is 18.7 Å². The van der Waals surface area contributed by atoms with Crippen LogP contribution >= 0.6 is 11.6 Å². The van der Waals surface area contributed by atoms with E-state index in [4.69, 9.17) is 11.6 Å². The van der Waals surface area contributed by atoms with Crippen molar-refractivity contribution >= 4 is 27.5 Å². The minimum atomic E-state index is -3.63. The first-order valence-electron chi connectivity index (χ1n) is 9.52. The minimum Gasteiger partial charge on any atom is -0.339 e. The summed E-state index contributed by atoms with van der Waals surface area (Å²) in [7, 11) is -3.63. The Morgan fingerprint density at radius 1 is 1.07 bits per heavy atom. The summed E-state index contributed by atoms with van der Waals surface area (Å²) >= 11 is 6.06. The molecule has 8 heteroatoms. The van der Waals surface area contributed by atoms with Gasteiger partial charge in [-0.3, -0.25) is 9.69 Å². The molecule has 2 aliphatic heterocycles. The Labute approximate surface area is 167 Å². The van der Waals surface area contributed by atoms with Gasteiger partial charge in [0.25, 0.3) is 0 Å². The lowest BCUT2D eigenvalue weighted by atomic mass is 9.92. The lowest BCUT2D eigenvalue weighted by molar-refractivity contribution is -0.134. The zero-order chi connectivity index (χ0) is 19.6. The van der Waals surface area contributed by atoms with E-state index in [0.29, 0.717) is 44.6 Å². The summed E-state index contributed by atoms with van der Waals surface area (Å²) < 4.78 is 27.0. The number of amides is 1. The van der Waals surface area contributed by atoms with Gasteiger partial charge < -0.3 is 4.90 Å². The van der Waals surface area contributed by atoms with Crippen LogP contribution in [0.4, 0.5) is 0 Å². The summed E-state index contributed by atoms with van der Waals surface area (Å²) in [6.07, 6.45) is 1.21. The summed E-state index contributed by atoms with van der Waals surface area (Å²) in [4.78, 5) is 16.8. The van der Waals surface area contributed by atoms with Gasteiger partial charge in [-0.1, -0.05) is 37.6 Å². The lowest BCUT2D eigenvalue weighted by Gasteiger charge is -2.38. The number of carbonyl (C=O) groups excluding carboxylic acids is 1. The van der Waals surface area contributed by atoms with Gasteiger partial charge in [0.15, 0.2) is 0 Å². The van der Waals surface area contributed by atoms with Gasteiger partial charge in [0.05, 0.1) is 11.6 Å². The monoisotopic (exact) mass is 413 g/mol. The van der Waals surface area contributed by atoms with Crippen molar-refractivity contribution in [2.75, 3.05) is 45.8 Å². The molecule has 0 N–H and O–H groups in total. The molecule has 0 spiro atoms. The second kappa shape index (κ2) is 8.47. The number of sulfonamides is 1. The fourth-order valence-electron chi connectivity index (χ4n) is 4.18. The van der Waals surface area contributed by atoms with E-state index in [1.54, 1.807) is 23.1 Å². The number of piperidine rings is 1. The van der Waals surface area contributed by atoms with E-state index in [9.17, 15) is 13.2 Å². The van der Waals surface area contributed by atoms with Crippen molar-refractivity contribution in [1.82, 2.24) is 14.1 Å². The van der Waals surface area contributed by atoms with Crippen molar-refractivity contribution in [2.24, 2.45) is 11.8 Å². The van der Waals surface area contributed by atoms with Crippen LogP contribution in [0.5, 0.6) is 0 Å². The maximum Gasteiger partial charge on any atom is 0.244 e. The molecule has 2 aliphatic rings. The number of hydrogen-bond donors (Lipinski definition) is 0. The van der Waals surface area contributed by atoms with E-state index >= 15 is 0 Å². The highest BCUT2D eigenvalue weighted by Crippen LogP contribution is 2.25. The highest BCUT2D eigenvalue weighted by molar-refractivity contribution is 7.89. The van der Waals surface area contributed by atoms with Crippen molar-refractivity contribution in [2.45, 2.75) is 25.2 Å². The zero-order valence-corrected chi connectivity index (χ0v) is 17.5. The average Bonchev–Trinajstić information content (AvgIpc) is 2.61.